The zero-order valence-corrected chi connectivity index (χ0v) is 36.8. The van der Waals surface area contributed by atoms with Gasteiger partial charge in [-0.1, -0.05) is 71.4 Å². The first-order valence-electron chi connectivity index (χ1n) is 21.0. The highest BCUT2D eigenvalue weighted by Crippen LogP contribution is 2.30. The van der Waals surface area contributed by atoms with Crippen molar-refractivity contribution in [3.05, 3.63) is 35.9 Å². The van der Waals surface area contributed by atoms with Gasteiger partial charge < -0.3 is 35.0 Å². The molecule has 2 saturated heterocycles. The van der Waals surface area contributed by atoms with Gasteiger partial charge in [0.1, 0.15) is 18.1 Å². The van der Waals surface area contributed by atoms with Crippen LogP contribution in [0.1, 0.15) is 85.6 Å². The number of hydrogen-bond donors (Lipinski definition) is 3. The van der Waals surface area contributed by atoms with Crippen molar-refractivity contribution in [1.82, 2.24) is 30.4 Å². The maximum Gasteiger partial charge on any atom is 0.269 e. The maximum atomic E-state index is 14.3. The molecule has 0 saturated carbocycles. The fourth-order valence-corrected chi connectivity index (χ4v) is 8.46. The molecule has 328 valence electrons. The van der Waals surface area contributed by atoms with Crippen LogP contribution in [0.25, 0.3) is 0 Å². The first-order valence-corrected chi connectivity index (χ1v) is 21.0. The summed E-state index contributed by atoms with van der Waals surface area (Å²) in [6.45, 7) is 12.4. The fraction of sp³-hybridized carbons (Fsp3) is 0.744. The zero-order chi connectivity index (χ0) is 43.3. The molecule has 5 amide bonds. The number of likely N-dealkylation sites (N-methyl/N-ethyl adjacent to an activating group) is 2. The minimum Gasteiger partial charge on any atom is -0.391 e. The Morgan fingerprint density at radius 2 is 1.59 bits per heavy atom. The summed E-state index contributed by atoms with van der Waals surface area (Å²) < 4.78 is 12.0. The molecular weight excluding hydrogens is 745 g/mol. The summed E-state index contributed by atoms with van der Waals surface area (Å²) in [6, 6.07) is 6.00. The van der Waals surface area contributed by atoms with E-state index < -0.39 is 60.3 Å². The lowest BCUT2D eigenvalue weighted by molar-refractivity contribution is -0.199. The van der Waals surface area contributed by atoms with E-state index in [9.17, 15) is 29.1 Å². The molecule has 2 heterocycles. The predicted octanol–water partition coefficient (Wildman–Crippen LogP) is 2.64. The van der Waals surface area contributed by atoms with Crippen LogP contribution in [0.2, 0.25) is 0 Å². The normalized spacial score (nSPS) is 20.7. The number of carbonyl (C=O) groups is 5. The van der Waals surface area contributed by atoms with Crippen molar-refractivity contribution >= 4 is 29.5 Å². The average molecular weight is 817 g/mol. The Kier molecular flexibility index (Phi) is 19.5. The Labute approximate surface area is 346 Å². The molecule has 2 fully saturated rings. The smallest absolute Gasteiger partial charge is 0.269 e. The number of benzene rings is 1. The fourth-order valence-electron chi connectivity index (χ4n) is 8.46. The van der Waals surface area contributed by atoms with Crippen molar-refractivity contribution in [1.29, 1.82) is 0 Å². The second-order valence-corrected chi connectivity index (χ2v) is 16.7. The van der Waals surface area contributed by atoms with Crippen molar-refractivity contribution in [3.63, 3.8) is 0 Å². The van der Waals surface area contributed by atoms with E-state index in [2.05, 4.69) is 10.6 Å². The van der Waals surface area contributed by atoms with E-state index in [0.717, 1.165) is 18.4 Å². The number of aliphatic hydroxyl groups excluding tert-OH is 1. The van der Waals surface area contributed by atoms with Gasteiger partial charge in [0.15, 0.2) is 0 Å². The monoisotopic (exact) mass is 817 g/mol. The van der Waals surface area contributed by atoms with Crippen LogP contribution < -0.4 is 10.6 Å². The number of hydroxylamine groups is 2. The Morgan fingerprint density at radius 1 is 0.914 bits per heavy atom. The molecule has 15 heteroatoms. The zero-order valence-electron chi connectivity index (χ0n) is 36.8. The molecule has 1 aromatic rings. The molecule has 58 heavy (non-hydrogen) atoms. The minimum atomic E-state index is -0.961. The highest BCUT2D eigenvalue weighted by Gasteiger charge is 2.44. The highest BCUT2D eigenvalue weighted by molar-refractivity contribution is 5.91. The number of rotatable bonds is 21. The predicted molar refractivity (Wildman–Crippen MR) is 221 cm³/mol. The van der Waals surface area contributed by atoms with Crippen molar-refractivity contribution in [2.45, 2.75) is 135 Å². The second-order valence-electron chi connectivity index (χ2n) is 16.7. The van der Waals surface area contributed by atoms with Gasteiger partial charge in [-0.25, -0.2) is 5.06 Å². The molecule has 0 bridgehead atoms. The third-order valence-electron chi connectivity index (χ3n) is 11.9. The van der Waals surface area contributed by atoms with Gasteiger partial charge in [0.25, 0.3) is 5.91 Å². The lowest BCUT2D eigenvalue weighted by Gasteiger charge is -2.41. The summed E-state index contributed by atoms with van der Waals surface area (Å²) in [4.78, 5) is 80.2. The molecule has 0 spiro atoms. The number of ether oxygens (including phenoxy) is 2. The maximum absolute atomic E-state index is 14.3. The van der Waals surface area contributed by atoms with Crippen LogP contribution in [0, 0.1) is 17.8 Å². The Balaban J connectivity index is 1.80. The van der Waals surface area contributed by atoms with E-state index in [-0.39, 0.29) is 41.9 Å². The molecule has 2 aliphatic heterocycles. The standard InChI is InChI=1S/C43H72N6O9/c1-12-28(4)37(47(9)43(55)36(27(2)3)45-41(53)38(30(6)50)46(7)8)34(56-10)26-35(51)48-22-18-21-33(48)39(57-11)29(5)40(52)44-32(25-31-19-14-13-15-20-31)42(54)49-23-16-17-24-58-49/h13-15,19-20,27-30,32-34,36-39,50H,12,16-18,21-26H2,1-11H3,(H,44,52)(H,45,53)/t28-,29+,30?,32-,33-,34+,36-,37-,38-,39+/m0/s1. The molecule has 0 radical (unpaired) electrons. The van der Waals surface area contributed by atoms with Crippen LogP contribution in [0.3, 0.4) is 0 Å². The van der Waals surface area contributed by atoms with Crippen LogP contribution in [-0.4, -0.2) is 158 Å². The van der Waals surface area contributed by atoms with Crippen LogP contribution >= 0.6 is 0 Å². The third-order valence-corrected chi connectivity index (χ3v) is 11.9. The molecule has 3 rings (SSSR count). The Hall–Kier alpha value is -3.63. The number of hydrogen-bond acceptors (Lipinski definition) is 10. The first-order chi connectivity index (χ1) is 27.5. The SMILES string of the molecule is CC[C@H](C)[C@@H]([C@@H](CC(=O)N1CCC[C@H]1[C@H](OC)[C@@H](C)C(=O)N[C@@H](Cc1ccccc1)C(=O)N1CCCCO1)OC)N(C)C(=O)[C@@H](NC(=O)[C@H](C(C)O)N(C)C)C(C)C. The molecule has 1 aromatic carbocycles. The number of likely N-dealkylation sites (tertiary alicyclic amines) is 1. The Bertz CT molecular complexity index is 1470. The lowest BCUT2D eigenvalue weighted by atomic mass is 9.89. The van der Waals surface area contributed by atoms with Crippen LogP contribution in [0.4, 0.5) is 0 Å². The summed E-state index contributed by atoms with van der Waals surface area (Å²) in [7, 11) is 8.14. The van der Waals surface area contributed by atoms with E-state index in [1.54, 1.807) is 42.8 Å². The summed E-state index contributed by atoms with van der Waals surface area (Å²) in [5.41, 5.74) is 0.899. The van der Waals surface area contributed by atoms with E-state index >= 15 is 0 Å². The van der Waals surface area contributed by atoms with Gasteiger partial charge in [0, 0.05) is 40.8 Å². The topological polar surface area (TPSA) is 170 Å². The van der Waals surface area contributed by atoms with Crippen molar-refractivity contribution in [2.75, 3.05) is 55.1 Å². The molecule has 0 aliphatic carbocycles. The minimum absolute atomic E-state index is 0.0242. The number of carbonyl (C=O) groups excluding carboxylic acids is 5. The van der Waals surface area contributed by atoms with Gasteiger partial charge >= 0.3 is 0 Å². The summed E-state index contributed by atoms with van der Waals surface area (Å²) >= 11 is 0. The van der Waals surface area contributed by atoms with Gasteiger partial charge in [-0.15, -0.1) is 0 Å². The number of aliphatic hydroxyl groups is 1. The van der Waals surface area contributed by atoms with E-state index in [1.165, 1.54) is 26.2 Å². The molecule has 10 atom stereocenters. The van der Waals surface area contributed by atoms with Crippen molar-refractivity contribution < 1.29 is 43.4 Å². The summed E-state index contributed by atoms with van der Waals surface area (Å²) in [5.74, 6) is -2.68. The molecule has 3 N–H and O–H groups in total. The number of methoxy groups -OCH3 is 2. The first kappa shape index (κ1) is 48.7. The van der Waals surface area contributed by atoms with E-state index in [4.69, 9.17) is 14.3 Å². The quantitative estimate of drug-likeness (QED) is 0.168. The van der Waals surface area contributed by atoms with E-state index in [1.807, 2.05) is 58.0 Å². The van der Waals surface area contributed by atoms with Crippen LogP contribution in [0.5, 0.6) is 0 Å². The van der Waals surface area contributed by atoms with Gasteiger partial charge in [-0.3, -0.25) is 33.7 Å². The molecule has 15 nitrogen and oxygen atoms in total. The number of amides is 5. The van der Waals surface area contributed by atoms with Crippen LogP contribution in [0.15, 0.2) is 30.3 Å². The van der Waals surface area contributed by atoms with Gasteiger partial charge in [-0.2, -0.15) is 0 Å². The summed E-state index contributed by atoms with van der Waals surface area (Å²) in [5, 5.41) is 17.5. The highest BCUT2D eigenvalue weighted by atomic mass is 16.7. The van der Waals surface area contributed by atoms with Crippen molar-refractivity contribution in [3.8, 4) is 0 Å². The molecule has 2 aliphatic rings. The van der Waals surface area contributed by atoms with Gasteiger partial charge in [0.05, 0.1) is 49.3 Å². The number of nitrogens with zero attached hydrogens (tertiary/aromatic N) is 4. The molecule has 1 unspecified atom stereocenters. The average Bonchev–Trinajstić information content (AvgIpc) is 3.69. The van der Waals surface area contributed by atoms with Gasteiger partial charge in [0.2, 0.25) is 23.6 Å². The van der Waals surface area contributed by atoms with Crippen LogP contribution in [-0.2, 0) is 44.7 Å². The molecule has 0 aromatic heterocycles. The van der Waals surface area contributed by atoms with Crippen molar-refractivity contribution in [2.24, 2.45) is 17.8 Å². The second kappa shape index (κ2) is 23.2. The lowest BCUT2D eigenvalue weighted by Crippen LogP contribution is -2.60. The summed E-state index contributed by atoms with van der Waals surface area (Å²) in [6.07, 6.45) is 1.67. The largest absolute Gasteiger partial charge is 0.391 e. The molecular formula is C43H72N6O9. The van der Waals surface area contributed by atoms with E-state index in [0.29, 0.717) is 45.4 Å². The third kappa shape index (κ3) is 12.7. The Morgan fingerprint density at radius 3 is 2.12 bits per heavy atom. The number of nitrogens with one attached hydrogen (secondary N) is 2. The van der Waals surface area contributed by atoms with Gasteiger partial charge in [-0.05, 0) is 64.1 Å².